The number of rotatable bonds is 7. The monoisotopic (exact) mass is 404 g/mol. The maximum atomic E-state index is 14.4. The Kier molecular flexibility index (Phi) is 5.81. The molecule has 0 radical (unpaired) electrons. The second kappa shape index (κ2) is 8.84. The Hall–Kier alpha value is -3.58. The van der Waals surface area contributed by atoms with Gasteiger partial charge < -0.3 is 10.1 Å². The summed E-state index contributed by atoms with van der Waals surface area (Å²) in [4.78, 5) is 17.5. The van der Waals surface area contributed by atoms with Gasteiger partial charge in [0.2, 0.25) is 0 Å². The predicted molar refractivity (Wildman–Crippen MR) is 113 cm³/mol. The van der Waals surface area contributed by atoms with Crippen molar-refractivity contribution in [1.29, 1.82) is 0 Å². The third-order valence-electron chi connectivity index (χ3n) is 4.69. The first-order chi connectivity index (χ1) is 14.7. The number of fused-ring (bicyclic) bond motifs is 1. The van der Waals surface area contributed by atoms with Gasteiger partial charge in [-0.1, -0.05) is 42.5 Å². The van der Waals surface area contributed by atoms with Crippen LogP contribution in [0.4, 0.5) is 4.39 Å². The van der Waals surface area contributed by atoms with Gasteiger partial charge >= 0.3 is 0 Å². The fraction of sp³-hybridized carbons (Fsp3) is 0.174. The van der Waals surface area contributed by atoms with Crippen molar-refractivity contribution in [3.05, 3.63) is 78.2 Å². The van der Waals surface area contributed by atoms with Gasteiger partial charge in [-0.05, 0) is 24.6 Å². The van der Waals surface area contributed by atoms with Crippen LogP contribution in [0.1, 0.15) is 16.9 Å². The first-order valence-corrected chi connectivity index (χ1v) is 9.65. The van der Waals surface area contributed by atoms with Gasteiger partial charge in [-0.3, -0.25) is 4.79 Å². The molecule has 7 heteroatoms. The van der Waals surface area contributed by atoms with Gasteiger partial charge in [0.1, 0.15) is 11.5 Å². The Morgan fingerprint density at radius 3 is 2.60 bits per heavy atom. The van der Waals surface area contributed by atoms with Crippen LogP contribution in [0.2, 0.25) is 0 Å². The summed E-state index contributed by atoms with van der Waals surface area (Å²) < 4.78 is 20.9. The van der Waals surface area contributed by atoms with Crippen molar-refractivity contribution < 1.29 is 13.9 Å². The third-order valence-corrected chi connectivity index (χ3v) is 4.69. The number of ether oxygens (including phenoxy) is 1. The molecule has 4 rings (SSSR count). The van der Waals surface area contributed by atoms with Crippen molar-refractivity contribution in [2.24, 2.45) is 0 Å². The topological polar surface area (TPSA) is 68.5 Å². The van der Waals surface area contributed by atoms with Gasteiger partial charge in [0.25, 0.3) is 5.91 Å². The van der Waals surface area contributed by atoms with Crippen LogP contribution < -0.4 is 5.32 Å². The molecule has 0 bridgehead atoms. The van der Waals surface area contributed by atoms with E-state index in [0.717, 1.165) is 5.56 Å². The van der Waals surface area contributed by atoms with Crippen LogP contribution in [-0.4, -0.2) is 40.8 Å². The van der Waals surface area contributed by atoms with Crippen LogP contribution in [0.5, 0.6) is 0 Å². The molecule has 0 spiro atoms. The zero-order chi connectivity index (χ0) is 20.9. The zero-order valence-corrected chi connectivity index (χ0v) is 16.5. The minimum Gasteiger partial charge on any atom is -0.385 e. The summed E-state index contributed by atoms with van der Waals surface area (Å²) in [6.07, 6.45) is 0.686. The number of nitrogens with zero attached hydrogens (tertiary/aromatic N) is 3. The molecule has 0 saturated carbocycles. The lowest BCUT2D eigenvalue weighted by Gasteiger charge is -2.09. The summed E-state index contributed by atoms with van der Waals surface area (Å²) in [5, 5.41) is 7.45. The van der Waals surface area contributed by atoms with E-state index in [0.29, 0.717) is 42.2 Å². The summed E-state index contributed by atoms with van der Waals surface area (Å²) >= 11 is 0. The smallest absolute Gasteiger partial charge is 0.270 e. The van der Waals surface area contributed by atoms with E-state index in [2.05, 4.69) is 15.4 Å². The van der Waals surface area contributed by atoms with E-state index in [4.69, 9.17) is 4.74 Å². The minimum absolute atomic E-state index is 0.290. The van der Waals surface area contributed by atoms with Crippen molar-refractivity contribution in [2.45, 2.75) is 6.42 Å². The van der Waals surface area contributed by atoms with Crippen molar-refractivity contribution in [3.8, 4) is 22.5 Å². The molecular weight excluding hydrogens is 383 g/mol. The Morgan fingerprint density at radius 2 is 1.83 bits per heavy atom. The largest absolute Gasteiger partial charge is 0.385 e. The molecule has 0 atom stereocenters. The number of carbonyl (C=O) groups is 1. The molecule has 152 valence electrons. The van der Waals surface area contributed by atoms with Crippen LogP contribution >= 0.6 is 0 Å². The number of hydrogen-bond donors (Lipinski definition) is 1. The van der Waals surface area contributed by atoms with Gasteiger partial charge in [0.15, 0.2) is 5.65 Å². The van der Waals surface area contributed by atoms with Crippen molar-refractivity contribution in [2.75, 3.05) is 20.3 Å². The van der Waals surface area contributed by atoms with Crippen LogP contribution in [0, 0.1) is 5.82 Å². The third kappa shape index (κ3) is 4.06. The van der Waals surface area contributed by atoms with Crippen LogP contribution in [0.3, 0.4) is 0 Å². The van der Waals surface area contributed by atoms with E-state index in [1.807, 2.05) is 30.3 Å². The van der Waals surface area contributed by atoms with Crippen molar-refractivity contribution in [3.63, 3.8) is 0 Å². The second-order valence-electron chi connectivity index (χ2n) is 6.77. The first kappa shape index (κ1) is 19.7. The Bertz CT molecular complexity index is 1170. The SMILES string of the molecule is COCCCNC(=O)c1cc(-c2ccccc2F)nc2cc(-c3ccccc3)nn12. The Labute approximate surface area is 173 Å². The van der Waals surface area contributed by atoms with E-state index >= 15 is 0 Å². The number of aromatic nitrogens is 3. The summed E-state index contributed by atoms with van der Waals surface area (Å²) in [7, 11) is 1.61. The maximum Gasteiger partial charge on any atom is 0.270 e. The fourth-order valence-electron chi connectivity index (χ4n) is 3.20. The minimum atomic E-state index is -0.399. The molecule has 2 aromatic carbocycles. The summed E-state index contributed by atoms with van der Waals surface area (Å²) in [6.45, 7) is 1.00. The zero-order valence-electron chi connectivity index (χ0n) is 16.5. The molecule has 0 saturated heterocycles. The number of methoxy groups -OCH3 is 1. The van der Waals surface area contributed by atoms with Crippen molar-refractivity contribution >= 4 is 11.6 Å². The molecule has 0 fully saturated rings. The van der Waals surface area contributed by atoms with Crippen LogP contribution in [-0.2, 0) is 4.74 Å². The van der Waals surface area contributed by atoms with Crippen LogP contribution in [0.25, 0.3) is 28.2 Å². The molecule has 0 aliphatic heterocycles. The average molecular weight is 404 g/mol. The molecule has 2 heterocycles. The standard InChI is InChI=1S/C23H21FN4O2/c1-30-13-7-12-25-23(29)21-14-20(17-10-5-6-11-18(17)24)26-22-15-19(27-28(21)22)16-8-3-2-4-9-16/h2-6,8-11,14-15H,7,12-13H2,1H3,(H,25,29). The van der Waals surface area contributed by atoms with Crippen LogP contribution in [0.15, 0.2) is 66.7 Å². The van der Waals surface area contributed by atoms with E-state index in [1.54, 1.807) is 37.4 Å². The first-order valence-electron chi connectivity index (χ1n) is 9.65. The number of hydrogen-bond acceptors (Lipinski definition) is 4. The van der Waals surface area contributed by atoms with Gasteiger partial charge in [-0.2, -0.15) is 5.10 Å². The molecule has 0 aliphatic rings. The molecule has 6 nitrogen and oxygen atoms in total. The highest BCUT2D eigenvalue weighted by Crippen LogP contribution is 2.25. The number of amides is 1. The molecule has 1 N–H and O–H groups in total. The maximum absolute atomic E-state index is 14.4. The normalized spacial score (nSPS) is 11.0. The molecule has 30 heavy (non-hydrogen) atoms. The van der Waals surface area contributed by atoms with Gasteiger partial charge in [-0.25, -0.2) is 13.9 Å². The number of benzene rings is 2. The molecule has 0 unspecified atom stereocenters. The molecule has 4 aromatic rings. The quantitative estimate of drug-likeness (QED) is 0.473. The Balaban J connectivity index is 1.80. The van der Waals surface area contributed by atoms with Gasteiger partial charge in [0, 0.05) is 37.5 Å². The summed E-state index contributed by atoms with van der Waals surface area (Å²) in [6, 6.07) is 19.4. The molecule has 1 amide bonds. The van der Waals surface area contributed by atoms with E-state index in [-0.39, 0.29) is 11.6 Å². The van der Waals surface area contributed by atoms with E-state index in [1.165, 1.54) is 10.6 Å². The lowest BCUT2D eigenvalue weighted by atomic mass is 10.1. The summed E-state index contributed by atoms with van der Waals surface area (Å²) in [5.41, 5.74) is 3.05. The summed E-state index contributed by atoms with van der Waals surface area (Å²) in [5.74, 6) is -0.706. The number of nitrogens with one attached hydrogen (secondary N) is 1. The van der Waals surface area contributed by atoms with Gasteiger partial charge in [-0.15, -0.1) is 0 Å². The second-order valence-corrected chi connectivity index (χ2v) is 6.77. The van der Waals surface area contributed by atoms with Crippen molar-refractivity contribution in [1.82, 2.24) is 19.9 Å². The lowest BCUT2D eigenvalue weighted by molar-refractivity contribution is 0.0941. The number of halogens is 1. The fourth-order valence-corrected chi connectivity index (χ4v) is 3.20. The average Bonchev–Trinajstić information content (AvgIpc) is 3.21. The van der Waals surface area contributed by atoms with E-state index in [9.17, 15) is 9.18 Å². The molecule has 0 aliphatic carbocycles. The Morgan fingerprint density at radius 1 is 1.07 bits per heavy atom. The highest BCUT2D eigenvalue weighted by Gasteiger charge is 2.18. The predicted octanol–water partition coefficient (Wildman–Crippen LogP) is 3.97. The van der Waals surface area contributed by atoms with E-state index < -0.39 is 5.82 Å². The highest BCUT2D eigenvalue weighted by molar-refractivity contribution is 5.94. The lowest BCUT2D eigenvalue weighted by Crippen LogP contribution is -2.27. The molecule has 2 aromatic heterocycles. The molecular formula is C23H21FN4O2. The number of carbonyl (C=O) groups excluding carboxylic acids is 1. The van der Waals surface area contributed by atoms with Gasteiger partial charge in [0.05, 0.1) is 11.4 Å². The highest BCUT2D eigenvalue weighted by atomic mass is 19.1.